The van der Waals surface area contributed by atoms with Gasteiger partial charge in [-0.3, -0.25) is 4.52 Å². The number of benzene rings is 2. The van der Waals surface area contributed by atoms with Crippen LogP contribution < -0.4 is 9.05 Å². The molecule has 7 heteroatoms. The largest absolute Gasteiger partial charge is 0.463 e. The van der Waals surface area contributed by atoms with E-state index in [2.05, 4.69) is 0 Å². The van der Waals surface area contributed by atoms with Gasteiger partial charge < -0.3 is 23.3 Å². The third-order valence-electron chi connectivity index (χ3n) is 3.07. The van der Waals surface area contributed by atoms with Crippen LogP contribution in [0.15, 0.2) is 60.7 Å². The quantitative estimate of drug-likeness (QED) is 0.364. The molecule has 0 amide bonds. The van der Waals surface area contributed by atoms with Gasteiger partial charge in [-0.2, -0.15) is 0 Å². The Balaban J connectivity index is 1.70. The highest BCUT2D eigenvalue weighted by Gasteiger charge is 2.17. The summed E-state index contributed by atoms with van der Waals surface area (Å²) >= 11 is 0. The first-order chi connectivity index (χ1) is 12.9. The lowest BCUT2D eigenvalue weighted by Crippen LogP contribution is -2.11. The second kappa shape index (κ2) is 13.5. The fourth-order valence-electron chi connectivity index (χ4n) is 1.84. The first-order valence-corrected chi connectivity index (χ1v) is 9.51. The van der Waals surface area contributed by atoms with Crippen LogP contribution in [0.25, 0.3) is 0 Å². The van der Waals surface area contributed by atoms with E-state index in [4.69, 9.17) is 27.8 Å². The fraction of sp³-hybridized carbons (Fsp3) is 0.368. The number of para-hydroxylation sites is 2. The van der Waals surface area contributed by atoms with Crippen molar-refractivity contribution in [2.75, 3.05) is 46.8 Å². The maximum Gasteiger partial charge on any atom is 0.463 e. The van der Waals surface area contributed by atoms with Crippen LogP contribution in [-0.4, -0.2) is 46.8 Å². The molecule has 0 heterocycles. The van der Waals surface area contributed by atoms with Crippen LogP contribution >= 0.6 is 8.60 Å². The Morgan fingerprint density at radius 2 is 1.08 bits per heavy atom. The van der Waals surface area contributed by atoms with E-state index in [1.807, 2.05) is 60.7 Å². The Morgan fingerprint density at radius 3 is 1.58 bits per heavy atom. The molecule has 2 aromatic carbocycles. The second-order valence-corrected chi connectivity index (χ2v) is 6.15. The van der Waals surface area contributed by atoms with Crippen molar-refractivity contribution in [3.63, 3.8) is 0 Å². The smallest absolute Gasteiger partial charge is 0.418 e. The molecule has 0 aromatic heterocycles. The lowest BCUT2D eigenvalue weighted by Gasteiger charge is -2.17. The van der Waals surface area contributed by atoms with Crippen molar-refractivity contribution in [1.82, 2.24) is 0 Å². The molecule has 0 saturated heterocycles. The zero-order valence-corrected chi connectivity index (χ0v) is 15.8. The van der Waals surface area contributed by atoms with Gasteiger partial charge in [0.1, 0.15) is 11.5 Å². The van der Waals surface area contributed by atoms with Crippen molar-refractivity contribution in [1.29, 1.82) is 0 Å². The van der Waals surface area contributed by atoms with Crippen molar-refractivity contribution in [2.45, 2.75) is 0 Å². The van der Waals surface area contributed by atoms with E-state index in [1.54, 1.807) is 7.11 Å². The number of hydrogen-bond acceptors (Lipinski definition) is 6. The summed E-state index contributed by atoms with van der Waals surface area (Å²) in [5.41, 5.74) is 0. The fourth-order valence-corrected chi connectivity index (χ4v) is 2.80. The summed E-state index contributed by atoms with van der Waals surface area (Å²) in [6.07, 6.45) is 0. The molecule has 0 radical (unpaired) electrons. The summed E-state index contributed by atoms with van der Waals surface area (Å²) in [6, 6.07) is 18.9. The first kappa shape index (κ1) is 20.6. The zero-order chi connectivity index (χ0) is 18.3. The molecule has 2 aromatic rings. The van der Waals surface area contributed by atoms with E-state index in [-0.39, 0.29) is 0 Å². The minimum Gasteiger partial charge on any atom is -0.418 e. The summed E-state index contributed by atoms with van der Waals surface area (Å²) in [4.78, 5) is 0. The standard InChI is InChI=1S/C19H25O6P/c1-20-12-13-21-14-15-22-16-17-23-26(24-18-8-4-2-5-9-18)25-19-10-6-3-7-11-19/h2-11H,12-17H2,1H3. The van der Waals surface area contributed by atoms with Gasteiger partial charge in [0.05, 0.1) is 39.6 Å². The van der Waals surface area contributed by atoms with Gasteiger partial charge in [0.15, 0.2) is 0 Å². The Kier molecular flexibility index (Phi) is 10.7. The molecule has 26 heavy (non-hydrogen) atoms. The van der Waals surface area contributed by atoms with Crippen molar-refractivity contribution in [2.24, 2.45) is 0 Å². The molecule has 6 nitrogen and oxygen atoms in total. The molecule has 0 aliphatic rings. The molecule has 0 aliphatic carbocycles. The lowest BCUT2D eigenvalue weighted by molar-refractivity contribution is 0.0174. The summed E-state index contributed by atoms with van der Waals surface area (Å²) in [7, 11) is 0.0698. The van der Waals surface area contributed by atoms with Crippen molar-refractivity contribution >= 4 is 8.60 Å². The van der Waals surface area contributed by atoms with Gasteiger partial charge in [-0.25, -0.2) is 0 Å². The van der Waals surface area contributed by atoms with Crippen LogP contribution in [0.5, 0.6) is 11.5 Å². The summed E-state index contributed by atoms with van der Waals surface area (Å²) < 4.78 is 33.1. The minimum absolute atomic E-state index is 0.365. The van der Waals surface area contributed by atoms with Crippen LogP contribution in [0.2, 0.25) is 0 Å². The van der Waals surface area contributed by atoms with E-state index in [1.165, 1.54) is 0 Å². The number of rotatable bonds is 14. The molecule has 142 valence electrons. The molecule has 0 bridgehead atoms. The van der Waals surface area contributed by atoms with Gasteiger partial charge in [-0.05, 0) is 24.3 Å². The lowest BCUT2D eigenvalue weighted by atomic mass is 10.3. The van der Waals surface area contributed by atoms with Crippen molar-refractivity contribution in [3.05, 3.63) is 60.7 Å². The highest BCUT2D eigenvalue weighted by Crippen LogP contribution is 2.41. The minimum atomic E-state index is -1.57. The highest BCUT2D eigenvalue weighted by atomic mass is 31.2. The van der Waals surface area contributed by atoms with Gasteiger partial charge in [0, 0.05) is 7.11 Å². The number of methoxy groups -OCH3 is 1. The predicted octanol–water partition coefficient (Wildman–Crippen LogP) is 4.07. The molecule has 0 aliphatic heterocycles. The third kappa shape index (κ3) is 9.13. The van der Waals surface area contributed by atoms with E-state index < -0.39 is 8.60 Å². The van der Waals surface area contributed by atoms with Crippen molar-refractivity contribution in [3.8, 4) is 11.5 Å². The molecule has 0 atom stereocenters. The monoisotopic (exact) mass is 380 g/mol. The van der Waals surface area contributed by atoms with Crippen LogP contribution in [0, 0.1) is 0 Å². The molecule has 0 saturated carbocycles. The number of hydrogen-bond donors (Lipinski definition) is 0. The molecule has 2 rings (SSSR count). The van der Waals surface area contributed by atoms with Gasteiger partial charge in [-0.1, -0.05) is 36.4 Å². The molecular weight excluding hydrogens is 355 g/mol. The summed E-state index contributed by atoms with van der Waals surface area (Å²) in [5, 5.41) is 0. The van der Waals surface area contributed by atoms with Crippen LogP contribution in [-0.2, 0) is 18.7 Å². The van der Waals surface area contributed by atoms with Gasteiger partial charge in [0.2, 0.25) is 0 Å². The highest BCUT2D eigenvalue weighted by molar-refractivity contribution is 7.42. The SMILES string of the molecule is COCCOCCOCCOP(Oc1ccccc1)Oc1ccccc1. The second-order valence-electron chi connectivity index (χ2n) is 5.08. The average Bonchev–Trinajstić information content (AvgIpc) is 2.68. The van der Waals surface area contributed by atoms with E-state index in [0.717, 1.165) is 0 Å². The maximum atomic E-state index is 5.82. The predicted molar refractivity (Wildman–Crippen MR) is 101 cm³/mol. The average molecular weight is 380 g/mol. The van der Waals surface area contributed by atoms with Crippen LogP contribution in [0.3, 0.4) is 0 Å². The Morgan fingerprint density at radius 1 is 0.615 bits per heavy atom. The Bertz CT molecular complexity index is 527. The molecule has 0 fully saturated rings. The Labute approximate surface area is 155 Å². The van der Waals surface area contributed by atoms with Gasteiger partial charge in [0.25, 0.3) is 0 Å². The van der Waals surface area contributed by atoms with E-state index in [9.17, 15) is 0 Å². The Hall–Kier alpha value is -1.69. The molecule has 0 spiro atoms. The molecule has 0 unspecified atom stereocenters. The zero-order valence-electron chi connectivity index (χ0n) is 14.9. The van der Waals surface area contributed by atoms with Crippen LogP contribution in [0.1, 0.15) is 0 Å². The van der Waals surface area contributed by atoms with Crippen molar-refractivity contribution < 1.29 is 27.8 Å². The number of ether oxygens (including phenoxy) is 3. The summed E-state index contributed by atoms with van der Waals surface area (Å²) in [6.45, 7) is 2.98. The molecular formula is C19H25O6P. The maximum absolute atomic E-state index is 5.82. The van der Waals surface area contributed by atoms with Gasteiger partial charge in [-0.15, -0.1) is 0 Å². The van der Waals surface area contributed by atoms with Gasteiger partial charge >= 0.3 is 8.60 Å². The van der Waals surface area contributed by atoms with Crippen LogP contribution in [0.4, 0.5) is 0 Å². The summed E-state index contributed by atoms with van der Waals surface area (Å²) in [5.74, 6) is 1.39. The third-order valence-corrected chi connectivity index (χ3v) is 4.19. The topological polar surface area (TPSA) is 55.4 Å². The van der Waals surface area contributed by atoms with E-state index in [0.29, 0.717) is 51.1 Å². The normalized spacial score (nSPS) is 10.8. The first-order valence-electron chi connectivity index (χ1n) is 8.42. The van der Waals surface area contributed by atoms with E-state index >= 15 is 0 Å². The molecule has 0 N–H and O–H groups in total.